The van der Waals surface area contributed by atoms with E-state index in [-0.39, 0.29) is 23.9 Å². The first-order chi connectivity index (χ1) is 11.5. The average molecular weight is 350 g/mol. The number of aliphatic carboxylic acids is 1. The largest absolute Gasteiger partial charge is 0.481 e. The highest BCUT2D eigenvalue weighted by molar-refractivity contribution is 5.75. The molecule has 0 spiro atoms. The molecule has 142 valence electrons. The Balaban J connectivity index is 2.35. The molecule has 2 rings (SSSR count). The Kier molecular flexibility index (Phi) is 5.56. The zero-order valence-electron chi connectivity index (χ0n) is 15.9. The third kappa shape index (κ3) is 3.19. The van der Waals surface area contributed by atoms with E-state index >= 15 is 0 Å². The third-order valence-corrected chi connectivity index (χ3v) is 7.54. The van der Waals surface area contributed by atoms with E-state index in [4.69, 9.17) is 0 Å². The normalized spacial score (nSPS) is 39.2. The van der Waals surface area contributed by atoms with Crippen molar-refractivity contribution in [1.29, 1.82) is 0 Å². The summed E-state index contributed by atoms with van der Waals surface area (Å²) in [7, 11) is 0. The molecule has 3 unspecified atom stereocenters. The minimum absolute atomic E-state index is 0.0612. The second-order valence-corrected chi connectivity index (χ2v) is 9.00. The van der Waals surface area contributed by atoms with E-state index in [9.17, 15) is 20.1 Å². The molecule has 0 aromatic rings. The lowest BCUT2D eigenvalue weighted by atomic mass is 9.46. The molecule has 0 saturated heterocycles. The van der Waals surface area contributed by atoms with Gasteiger partial charge in [-0.25, -0.2) is 0 Å². The lowest BCUT2D eigenvalue weighted by Gasteiger charge is -2.58. The number of allylic oxidation sites excluding steroid dienone is 1. The van der Waals surface area contributed by atoms with Crippen LogP contribution in [0.15, 0.2) is 24.8 Å². The van der Waals surface area contributed by atoms with Gasteiger partial charge in [0.25, 0.3) is 0 Å². The van der Waals surface area contributed by atoms with E-state index in [1.807, 2.05) is 6.92 Å². The molecule has 0 aromatic carbocycles. The first-order valence-corrected chi connectivity index (χ1v) is 9.38. The highest BCUT2D eigenvalue weighted by Crippen LogP contribution is 2.62. The Morgan fingerprint density at radius 3 is 2.60 bits per heavy atom. The summed E-state index contributed by atoms with van der Waals surface area (Å²) in [6.07, 6.45) is 5.59. The van der Waals surface area contributed by atoms with Gasteiger partial charge < -0.3 is 15.3 Å². The molecule has 0 aromatic heterocycles. The van der Waals surface area contributed by atoms with Crippen molar-refractivity contribution in [2.75, 3.05) is 6.61 Å². The van der Waals surface area contributed by atoms with Gasteiger partial charge in [0, 0.05) is 5.41 Å². The summed E-state index contributed by atoms with van der Waals surface area (Å²) in [5, 5.41) is 30.3. The Morgan fingerprint density at radius 2 is 2.08 bits per heavy atom. The van der Waals surface area contributed by atoms with Gasteiger partial charge in [0.1, 0.15) is 0 Å². The van der Waals surface area contributed by atoms with Crippen molar-refractivity contribution in [2.24, 2.45) is 28.1 Å². The smallest absolute Gasteiger partial charge is 0.309 e. The van der Waals surface area contributed by atoms with Crippen LogP contribution in [0.1, 0.15) is 59.3 Å². The predicted octanol–water partition coefficient (Wildman–Crippen LogP) is 3.79. The number of aliphatic hydroxyl groups excluding tert-OH is 2. The van der Waals surface area contributed by atoms with Crippen molar-refractivity contribution in [3.05, 3.63) is 24.8 Å². The molecule has 4 heteroatoms. The average Bonchev–Trinajstić information content (AvgIpc) is 2.56. The topological polar surface area (TPSA) is 77.8 Å². The fourth-order valence-corrected chi connectivity index (χ4v) is 5.44. The number of carboxylic acids is 1. The Labute approximate surface area is 151 Å². The zero-order valence-corrected chi connectivity index (χ0v) is 15.9. The molecule has 25 heavy (non-hydrogen) atoms. The van der Waals surface area contributed by atoms with Crippen LogP contribution in [0, 0.1) is 28.1 Å². The predicted molar refractivity (Wildman–Crippen MR) is 99.1 cm³/mol. The summed E-state index contributed by atoms with van der Waals surface area (Å²) in [5.41, 5.74) is -0.541. The highest BCUT2D eigenvalue weighted by atomic mass is 16.4. The lowest BCUT2D eigenvalue weighted by Crippen LogP contribution is -2.54. The van der Waals surface area contributed by atoms with Gasteiger partial charge in [-0.05, 0) is 56.3 Å². The fraction of sp³-hybridized carbons (Fsp3) is 0.762. The van der Waals surface area contributed by atoms with Crippen LogP contribution in [0.2, 0.25) is 0 Å². The number of aliphatic hydroxyl groups is 2. The molecule has 2 aliphatic carbocycles. The molecule has 2 saturated carbocycles. The van der Waals surface area contributed by atoms with E-state index in [0.717, 1.165) is 31.3 Å². The molecule has 0 radical (unpaired) electrons. The summed E-state index contributed by atoms with van der Waals surface area (Å²) < 4.78 is 0. The molecular weight excluding hydrogens is 316 g/mol. The summed E-state index contributed by atoms with van der Waals surface area (Å²) in [6.45, 7) is 13.7. The maximum absolute atomic E-state index is 12.0. The van der Waals surface area contributed by atoms with Crippen LogP contribution in [-0.2, 0) is 4.79 Å². The van der Waals surface area contributed by atoms with Crippen molar-refractivity contribution in [2.45, 2.75) is 65.4 Å². The minimum atomic E-state index is -0.756. The molecular formula is C21H34O4. The van der Waals surface area contributed by atoms with Gasteiger partial charge in [0.2, 0.25) is 0 Å². The van der Waals surface area contributed by atoms with E-state index in [2.05, 4.69) is 20.1 Å². The van der Waals surface area contributed by atoms with Gasteiger partial charge in [-0.15, -0.1) is 6.58 Å². The lowest BCUT2D eigenvalue weighted by molar-refractivity contribution is -0.165. The number of fused-ring (bicyclic) bond motifs is 1. The van der Waals surface area contributed by atoms with E-state index in [1.54, 1.807) is 13.0 Å². The quantitative estimate of drug-likeness (QED) is 0.637. The molecule has 2 fully saturated rings. The van der Waals surface area contributed by atoms with E-state index in [0.29, 0.717) is 12.8 Å². The Bertz CT molecular complexity index is 556. The van der Waals surface area contributed by atoms with Crippen LogP contribution in [0.3, 0.4) is 0 Å². The van der Waals surface area contributed by atoms with Crippen molar-refractivity contribution in [1.82, 2.24) is 0 Å². The minimum Gasteiger partial charge on any atom is -0.481 e. The number of rotatable bonds is 6. The zero-order chi connectivity index (χ0) is 19.0. The number of hydrogen-bond acceptors (Lipinski definition) is 3. The highest BCUT2D eigenvalue weighted by Gasteiger charge is 2.58. The summed E-state index contributed by atoms with van der Waals surface area (Å²) in [6, 6.07) is 0. The number of carboxylic acid groups (broad SMARTS) is 1. The molecule has 4 nitrogen and oxygen atoms in total. The van der Waals surface area contributed by atoms with Gasteiger partial charge in [-0.2, -0.15) is 0 Å². The number of carbonyl (C=O) groups is 1. The summed E-state index contributed by atoms with van der Waals surface area (Å²) in [4.78, 5) is 12.0. The summed E-state index contributed by atoms with van der Waals surface area (Å²) >= 11 is 0. The standard InChI is InChI=1S/C21H34O4/c1-6-19(3,13-22)17(23)12-15-14(2)8-9-16-20(15,4)10-7-11-21(16,5)18(24)25/h6,15-17,22-23H,1-2,7-13H2,3-5H3,(H,24,25)/t15-,16?,17?,19?,20+,21-/m0/s1. The molecule has 0 heterocycles. The monoisotopic (exact) mass is 350 g/mol. The first-order valence-electron chi connectivity index (χ1n) is 9.38. The van der Waals surface area contributed by atoms with Crippen molar-refractivity contribution < 1.29 is 20.1 Å². The van der Waals surface area contributed by atoms with Crippen LogP contribution in [0.4, 0.5) is 0 Å². The molecule has 6 atom stereocenters. The van der Waals surface area contributed by atoms with Gasteiger partial charge in [0.15, 0.2) is 0 Å². The van der Waals surface area contributed by atoms with Crippen LogP contribution in [0.25, 0.3) is 0 Å². The maximum atomic E-state index is 12.0. The van der Waals surface area contributed by atoms with Gasteiger partial charge in [0.05, 0.1) is 18.1 Å². The molecule has 0 amide bonds. The van der Waals surface area contributed by atoms with E-state index < -0.39 is 22.9 Å². The van der Waals surface area contributed by atoms with Gasteiger partial charge in [-0.1, -0.05) is 38.5 Å². The number of hydrogen-bond donors (Lipinski definition) is 3. The molecule has 3 N–H and O–H groups in total. The SMILES string of the molecule is C=CC(C)(CO)C(O)C[C@H]1C(=C)CCC2[C@]1(C)CCC[C@]2(C)C(=O)O. The molecule has 0 bridgehead atoms. The van der Waals surface area contributed by atoms with Gasteiger partial charge in [-0.3, -0.25) is 4.79 Å². The van der Waals surface area contributed by atoms with Gasteiger partial charge >= 0.3 is 5.97 Å². The van der Waals surface area contributed by atoms with Crippen LogP contribution < -0.4 is 0 Å². The second-order valence-electron chi connectivity index (χ2n) is 9.00. The molecule has 0 aliphatic heterocycles. The van der Waals surface area contributed by atoms with Crippen LogP contribution >= 0.6 is 0 Å². The van der Waals surface area contributed by atoms with Crippen LogP contribution in [0.5, 0.6) is 0 Å². The molecule has 2 aliphatic rings. The Morgan fingerprint density at radius 1 is 1.44 bits per heavy atom. The summed E-state index contributed by atoms with van der Waals surface area (Å²) in [5.74, 6) is -0.564. The second kappa shape index (κ2) is 6.88. The fourth-order valence-electron chi connectivity index (χ4n) is 5.44. The van der Waals surface area contributed by atoms with Crippen molar-refractivity contribution >= 4 is 5.97 Å². The third-order valence-electron chi connectivity index (χ3n) is 7.54. The van der Waals surface area contributed by atoms with Crippen molar-refractivity contribution in [3.63, 3.8) is 0 Å². The van der Waals surface area contributed by atoms with Crippen molar-refractivity contribution in [3.8, 4) is 0 Å². The maximum Gasteiger partial charge on any atom is 0.309 e. The first kappa shape index (κ1) is 20.2. The van der Waals surface area contributed by atoms with E-state index in [1.165, 1.54) is 0 Å². The van der Waals surface area contributed by atoms with Crippen LogP contribution in [-0.4, -0.2) is 34.0 Å². The Hall–Kier alpha value is -1.13.